The normalized spacial score (nSPS) is 10.5. The molecule has 0 saturated carbocycles. The summed E-state index contributed by atoms with van der Waals surface area (Å²) in [6.45, 7) is 5.54. The molecule has 0 radical (unpaired) electrons. The molecule has 0 bridgehead atoms. The fourth-order valence-electron chi connectivity index (χ4n) is 2.43. The molecule has 0 aliphatic heterocycles. The predicted molar refractivity (Wildman–Crippen MR) is 108 cm³/mol. The van der Waals surface area contributed by atoms with Gasteiger partial charge in [0.05, 0.1) is 7.11 Å². The monoisotopic (exact) mass is 420 g/mol. The lowest BCUT2D eigenvalue weighted by Gasteiger charge is -2.17. The van der Waals surface area contributed by atoms with Crippen LogP contribution in [0.1, 0.15) is 24.5 Å². The Morgan fingerprint density at radius 3 is 2.54 bits per heavy atom. The average molecular weight is 421 g/mol. The maximum atomic E-state index is 12.2. The van der Waals surface area contributed by atoms with Gasteiger partial charge in [-0.05, 0) is 44.2 Å². The van der Waals surface area contributed by atoms with Crippen molar-refractivity contribution >= 4 is 27.5 Å². The molecule has 0 aliphatic rings. The highest BCUT2D eigenvalue weighted by molar-refractivity contribution is 9.10. The van der Waals surface area contributed by atoms with Crippen molar-refractivity contribution in [1.29, 1.82) is 0 Å². The summed E-state index contributed by atoms with van der Waals surface area (Å²) in [6, 6.07) is 11.4. The Bertz CT molecular complexity index is 733. The van der Waals surface area contributed by atoms with Crippen LogP contribution in [0.2, 0.25) is 0 Å². The molecule has 0 atom stereocenters. The molecule has 5 nitrogen and oxygen atoms in total. The SMILES string of the molecule is CCCNCc1c(Br)ccc(OC)c1OCC(=O)Nc1ccc(C)cc1. The highest BCUT2D eigenvalue weighted by Gasteiger charge is 2.16. The summed E-state index contributed by atoms with van der Waals surface area (Å²) in [4.78, 5) is 12.2. The predicted octanol–water partition coefficient (Wildman–Crippen LogP) is 4.28. The molecular formula is C20H25BrN2O3. The zero-order valence-electron chi connectivity index (χ0n) is 15.4. The second-order valence-corrected chi connectivity index (χ2v) is 6.79. The number of rotatable bonds is 9. The van der Waals surface area contributed by atoms with Gasteiger partial charge in [0.2, 0.25) is 0 Å². The van der Waals surface area contributed by atoms with Gasteiger partial charge in [0.1, 0.15) is 0 Å². The fraction of sp³-hybridized carbons (Fsp3) is 0.350. The minimum Gasteiger partial charge on any atom is -0.493 e. The number of halogens is 1. The molecule has 0 aromatic heterocycles. The Balaban J connectivity index is 2.07. The molecule has 0 fully saturated rings. The van der Waals surface area contributed by atoms with Crippen molar-refractivity contribution in [1.82, 2.24) is 5.32 Å². The number of carbonyl (C=O) groups excluding carboxylic acids is 1. The molecule has 140 valence electrons. The van der Waals surface area contributed by atoms with Crippen LogP contribution in [-0.2, 0) is 11.3 Å². The lowest BCUT2D eigenvalue weighted by atomic mass is 10.2. The van der Waals surface area contributed by atoms with E-state index in [0.29, 0.717) is 18.0 Å². The molecule has 2 rings (SSSR count). The first-order valence-corrected chi connectivity index (χ1v) is 9.39. The van der Waals surface area contributed by atoms with E-state index in [1.165, 1.54) is 0 Å². The Hall–Kier alpha value is -2.05. The van der Waals surface area contributed by atoms with Crippen LogP contribution < -0.4 is 20.1 Å². The molecule has 0 aliphatic carbocycles. The molecule has 6 heteroatoms. The lowest BCUT2D eigenvalue weighted by Crippen LogP contribution is -2.21. The van der Waals surface area contributed by atoms with E-state index in [4.69, 9.17) is 9.47 Å². The number of aryl methyl sites for hydroxylation is 1. The fourth-order valence-corrected chi connectivity index (χ4v) is 2.88. The van der Waals surface area contributed by atoms with Gasteiger partial charge in [-0.1, -0.05) is 40.5 Å². The van der Waals surface area contributed by atoms with E-state index < -0.39 is 0 Å². The summed E-state index contributed by atoms with van der Waals surface area (Å²) >= 11 is 3.55. The number of methoxy groups -OCH3 is 1. The molecule has 2 aromatic rings. The van der Waals surface area contributed by atoms with Crippen LogP contribution in [0.5, 0.6) is 11.5 Å². The molecule has 1 amide bonds. The third-order valence-corrected chi connectivity index (χ3v) is 4.54. The van der Waals surface area contributed by atoms with Crippen molar-refractivity contribution in [3.05, 3.63) is 52.0 Å². The van der Waals surface area contributed by atoms with Gasteiger partial charge in [-0.25, -0.2) is 0 Å². The highest BCUT2D eigenvalue weighted by atomic mass is 79.9. The first-order chi connectivity index (χ1) is 12.5. The van der Waals surface area contributed by atoms with E-state index in [2.05, 4.69) is 33.5 Å². The topological polar surface area (TPSA) is 59.6 Å². The van der Waals surface area contributed by atoms with E-state index in [9.17, 15) is 4.79 Å². The Labute approximate surface area is 163 Å². The third-order valence-electron chi connectivity index (χ3n) is 3.80. The first kappa shape index (κ1) is 20.3. The number of nitrogens with one attached hydrogen (secondary N) is 2. The van der Waals surface area contributed by atoms with Crippen molar-refractivity contribution in [3.8, 4) is 11.5 Å². The van der Waals surface area contributed by atoms with Crippen LogP contribution >= 0.6 is 15.9 Å². The number of amides is 1. The van der Waals surface area contributed by atoms with Gasteiger partial charge in [-0.2, -0.15) is 0 Å². The van der Waals surface area contributed by atoms with Gasteiger partial charge in [-0.15, -0.1) is 0 Å². The quantitative estimate of drug-likeness (QED) is 0.594. The van der Waals surface area contributed by atoms with E-state index >= 15 is 0 Å². The second kappa shape index (κ2) is 10.2. The molecule has 0 saturated heterocycles. The van der Waals surface area contributed by atoms with Crippen LogP contribution in [0.25, 0.3) is 0 Å². The van der Waals surface area contributed by atoms with Gasteiger partial charge in [0.25, 0.3) is 5.91 Å². The largest absolute Gasteiger partial charge is 0.493 e. The summed E-state index contributed by atoms with van der Waals surface area (Å²) in [5.74, 6) is 0.956. The molecule has 2 N–H and O–H groups in total. The van der Waals surface area contributed by atoms with Crippen molar-refractivity contribution < 1.29 is 14.3 Å². The molecule has 2 aromatic carbocycles. The number of ether oxygens (including phenoxy) is 2. The molecular weight excluding hydrogens is 396 g/mol. The zero-order valence-corrected chi connectivity index (χ0v) is 17.0. The zero-order chi connectivity index (χ0) is 18.9. The van der Waals surface area contributed by atoms with E-state index in [-0.39, 0.29) is 12.5 Å². The van der Waals surface area contributed by atoms with Crippen LogP contribution in [0.3, 0.4) is 0 Å². The third kappa shape index (κ3) is 5.75. The number of hydrogen-bond acceptors (Lipinski definition) is 4. The van der Waals surface area contributed by atoms with E-state index in [0.717, 1.165) is 34.3 Å². The van der Waals surface area contributed by atoms with Crippen molar-refractivity contribution in [2.45, 2.75) is 26.8 Å². The minimum atomic E-state index is -0.219. The minimum absolute atomic E-state index is 0.0958. The van der Waals surface area contributed by atoms with E-state index in [1.54, 1.807) is 7.11 Å². The van der Waals surface area contributed by atoms with Crippen LogP contribution in [0, 0.1) is 6.92 Å². The van der Waals surface area contributed by atoms with Gasteiger partial charge in [0, 0.05) is 22.3 Å². The summed E-state index contributed by atoms with van der Waals surface area (Å²) in [5, 5.41) is 6.18. The maximum Gasteiger partial charge on any atom is 0.262 e. The van der Waals surface area contributed by atoms with Crippen molar-refractivity contribution in [2.75, 3.05) is 25.6 Å². The molecule has 26 heavy (non-hydrogen) atoms. The van der Waals surface area contributed by atoms with Gasteiger partial charge < -0.3 is 20.1 Å². The number of benzene rings is 2. The molecule has 0 spiro atoms. The average Bonchev–Trinajstić information content (AvgIpc) is 2.63. The van der Waals surface area contributed by atoms with Crippen molar-refractivity contribution in [2.24, 2.45) is 0 Å². The second-order valence-electron chi connectivity index (χ2n) is 5.94. The molecule has 0 heterocycles. The summed E-state index contributed by atoms with van der Waals surface area (Å²) in [6.07, 6.45) is 1.04. The summed E-state index contributed by atoms with van der Waals surface area (Å²) in [7, 11) is 1.59. The maximum absolute atomic E-state index is 12.2. The summed E-state index contributed by atoms with van der Waals surface area (Å²) < 4.78 is 12.1. The standard InChI is InChI=1S/C20H25BrN2O3/c1-4-11-22-12-16-17(21)9-10-18(25-3)20(16)26-13-19(24)23-15-7-5-14(2)6-8-15/h5-10,22H,4,11-13H2,1-3H3,(H,23,24). The number of anilines is 1. The Kier molecular flexibility index (Phi) is 7.94. The van der Waals surface area contributed by atoms with Gasteiger partial charge in [0.15, 0.2) is 18.1 Å². The Morgan fingerprint density at radius 1 is 1.15 bits per heavy atom. The molecule has 0 unspecified atom stereocenters. The smallest absolute Gasteiger partial charge is 0.262 e. The number of carbonyl (C=O) groups is 1. The van der Waals surface area contributed by atoms with E-state index in [1.807, 2.05) is 43.3 Å². The Morgan fingerprint density at radius 2 is 1.88 bits per heavy atom. The van der Waals surface area contributed by atoms with Crippen LogP contribution in [0.4, 0.5) is 5.69 Å². The van der Waals surface area contributed by atoms with Gasteiger partial charge in [-0.3, -0.25) is 4.79 Å². The number of hydrogen-bond donors (Lipinski definition) is 2. The highest BCUT2D eigenvalue weighted by Crippen LogP contribution is 2.36. The summed E-state index contributed by atoms with van der Waals surface area (Å²) in [5.41, 5.74) is 2.82. The van der Waals surface area contributed by atoms with Crippen molar-refractivity contribution in [3.63, 3.8) is 0 Å². The van der Waals surface area contributed by atoms with Crippen LogP contribution in [-0.4, -0.2) is 26.2 Å². The van der Waals surface area contributed by atoms with Gasteiger partial charge >= 0.3 is 0 Å². The first-order valence-electron chi connectivity index (χ1n) is 8.60. The lowest BCUT2D eigenvalue weighted by molar-refractivity contribution is -0.118. The van der Waals surface area contributed by atoms with Crippen LogP contribution in [0.15, 0.2) is 40.9 Å².